The molecule has 0 aliphatic heterocycles. The molecule has 0 bridgehead atoms. The van der Waals surface area contributed by atoms with Crippen molar-refractivity contribution in [3.8, 4) is 0 Å². The van der Waals surface area contributed by atoms with Crippen LogP contribution in [0.25, 0.3) is 0 Å². The summed E-state index contributed by atoms with van der Waals surface area (Å²) in [5.41, 5.74) is 1.77. The van der Waals surface area contributed by atoms with Crippen molar-refractivity contribution in [3.63, 3.8) is 0 Å². The minimum absolute atomic E-state index is 0.0584. The molecule has 0 heterocycles. The molecule has 3 heteroatoms. The van der Waals surface area contributed by atoms with Crippen LogP contribution in [0.1, 0.15) is 30.4 Å². The van der Waals surface area contributed by atoms with E-state index in [0.29, 0.717) is 0 Å². The summed E-state index contributed by atoms with van der Waals surface area (Å²) in [7, 11) is 0. The van der Waals surface area contributed by atoms with Crippen LogP contribution in [0.3, 0.4) is 0 Å². The molecule has 20 heavy (non-hydrogen) atoms. The van der Waals surface area contributed by atoms with Gasteiger partial charge in [0.2, 0.25) is 0 Å². The Labute approximate surface area is 123 Å². The van der Waals surface area contributed by atoms with Gasteiger partial charge in [-0.1, -0.05) is 54.9 Å². The first-order valence-electron chi connectivity index (χ1n) is 6.63. The Morgan fingerprint density at radius 2 is 1.90 bits per heavy atom. The molecule has 0 saturated heterocycles. The summed E-state index contributed by atoms with van der Waals surface area (Å²) in [6.07, 6.45) is 1.02. The lowest BCUT2D eigenvalue weighted by Gasteiger charge is -2.14. The average molecular weight is 291 g/mol. The molecule has 2 rings (SSSR count). The van der Waals surface area contributed by atoms with E-state index in [1.807, 2.05) is 37.3 Å². The van der Waals surface area contributed by atoms with Crippen LogP contribution in [0.2, 0.25) is 5.02 Å². The van der Waals surface area contributed by atoms with Gasteiger partial charge in [0.1, 0.15) is 11.6 Å². The fourth-order valence-corrected chi connectivity index (χ4v) is 2.51. The Balaban J connectivity index is 2.15. The zero-order valence-electron chi connectivity index (χ0n) is 11.3. The summed E-state index contributed by atoms with van der Waals surface area (Å²) in [6, 6.07) is 14.1. The normalized spacial score (nSPS) is 12.2. The van der Waals surface area contributed by atoms with E-state index in [2.05, 4.69) is 0 Å². The van der Waals surface area contributed by atoms with Gasteiger partial charge in [-0.05, 0) is 29.7 Å². The van der Waals surface area contributed by atoms with Gasteiger partial charge >= 0.3 is 0 Å². The number of hydrogen-bond acceptors (Lipinski definition) is 1. The van der Waals surface area contributed by atoms with Gasteiger partial charge in [0.25, 0.3) is 0 Å². The predicted octanol–water partition coefficient (Wildman–Crippen LogP) is 4.78. The summed E-state index contributed by atoms with van der Waals surface area (Å²) >= 11 is 5.74. The van der Waals surface area contributed by atoms with Crippen molar-refractivity contribution in [1.29, 1.82) is 0 Å². The zero-order valence-corrected chi connectivity index (χ0v) is 12.0. The first kappa shape index (κ1) is 14.7. The fourth-order valence-electron chi connectivity index (χ4n) is 2.31. The second kappa shape index (κ2) is 6.67. The molecule has 0 fully saturated rings. The highest BCUT2D eigenvalue weighted by atomic mass is 35.5. The van der Waals surface area contributed by atoms with Gasteiger partial charge < -0.3 is 0 Å². The van der Waals surface area contributed by atoms with E-state index in [-0.39, 0.29) is 23.1 Å². The van der Waals surface area contributed by atoms with Crippen LogP contribution in [-0.4, -0.2) is 5.78 Å². The highest BCUT2D eigenvalue weighted by Gasteiger charge is 2.18. The van der Waals surface area contributed by atoms with E-state index in [1.54, 1.807) is 6.07 Å². The van der Waals surface area contributed by atoms with Gasteiger partial charge in [-0.3, -0.25) is 4.79 Å². The fraction of sp³-hybridized carbons (Fsp3) is 0.235. The first-order valence-corrected chi connectivity index (χ1v) is 7.01. The number of carbonyl (C=O) groups is 1. The van der Waals surface area contributed by atoms with Crippen LogP contribution in [0.5, 0.6) is 0 Å². The van der Waals surface area contributed by atoms with E-state index in [9.17, 15) is 9.18 Å². The second-order valence-corrected chi connectivity index (χ2v) is 5.17. The monoisotopic (exact) mass is 290 g/mol. The van der Waals surface area contributed by atoms with Gasteiger partial charge in [-0.15, -0.1) is 0 Å². The number of carbonyl (C=O) groups excluding carboxylic acids is 1. The standard InChI is InChI=1S/C17H16ClFO/c1-2-14(13-6-4-3-5-7-13)17(20)11-12-8-9-16(19)15(18)10-12/h3-10,14H,2,11H2,1H3. The number of ketones is 1. The molecule has 0 saturated carbocycles. The predicted molar refractivity (Wildman–Crippen MR) is 79.6 cm³/mol. The molecular formula is C17H16ClFO. The molecule has 1 atom stereocenters. The lowest BCUT2D eigenvalue weighted by atomic mass is 9.89. The lowest BCUT2D eigenvalue weighted by molar-refractivity contribution is -0.119. The molecule has 0 aliphatic carbocycles. The number of rotatable bonds is 5. The molecule has 1 nitrogen and oxygen atoms in total. The zero-order chi connectivity index (χ0) is 14.5. The maximum Gasteiger partial charge on any atom is 0.144 e. The highest BCUT2D eigenvalue weighted by Crippen LogP contribution is 2.23. The first-order chi connectivity index (χ1) is 9.61. The quantitative estimate of drug-likeness (QED) is 0.774. The largest absolute Gasteiger partial charge is 0.299 e. The van der Waals surface area contributed by atoms with Crippen molar-refractivity contribution in [1.82, 2.24) is 0 Å². The van der Waals surface area contributed by atoms with Crippen LogP contribution in [0, 0.1) is 5.82 Å². The number of halogens is 2. The van der Waals surface area contributed by atoms with E-state index in [4.69, 9.17) is 11.6 Å². The molecule has 0 aliphatic rings. The molecular weight excluding hydrogens is 275 g/mol. The van der Waals surface area contributed by atoms with Crippen LogP contribution >= 0.6 is 11.6 Å². The molecule has 104 valence electrons. The third-order valence-corrected chi connectivity index (χ3v) is 3.65. The number of Topliss-reactive ketones (excluding diaryl/α,β-unsaturated/α-hetero) is 1. The van der Waals surface area contributed by atoms with Crippen molar-refractivity contribution < 1.29 is 9.18 Å². The third kappa shape index (κ3) is 3.45. The minimum atomic E-state index is -0.460. The van der Waals surface area contributed by atoms with Gasteiger partial charge in [0, 0.05) is 12.3 Å². The molecule has 0 aromatic heterocycles. The molecule has 0 radical (unpaired) electrons. The molecule has 2 aromatic rings. The number of hydrogen-bond donors (Lipinski definition) is 0. The maximum absolute atomic E-state index is 13.1. The Bertz CT molecular complexity index is 595. The third-order valence-electron chi connectivity index (χ3n) is 3.36. The minimum Gasteiger partial charge on any atom is -0.299 e. The highest BCUT2D eigenvalue weighted by molar-refractivity contribution is 6.30. The summed E-state index contributed by atoms with van der Waals surface area (Å²) in [6.45, 7) is 1.99. The van der Waals surface area contributed by atoms with Crippen molar-refractivity contribution in [2.75, 3.05) is 0 Å². The van der Waals surface area contributed by atoms with Gasteiger partial charge in [0.15, 0.2) is 0 Å². The topological polar surface area (TPSA) is 17.1 Å². The summed E-state index contributed by atoms with van der Waals surface area (Å²) in [5.74, 6) is -0.459. The van der Waals surface area contributed by atoms with Gasteiger partial charge in [-0.2, -0.15) is 0 Å². The number of benzene rings is 2. The van der Waals surface area contributed by atoms with Crippen LogP contribution in [0.15, 0.2) is 48.5 Å². The average Bonchev–Trinajstić information content (AvgIpc) is 2.45. The van der Waals surface area contributed by atoms with E-state index < -0.39 is 5.82 Å². The van der Waals surface area contributed by atoms with Crippen molar-refractivity contribution in [3.05, 3.63) is 70.5 Å². The second-order valence-electron chi connectivity index (χ2n) is 4.76. The maximum atomic E-state index is 13.1. The van der Waals surface area contributed by atoms with Gasteiger partial charge in [-0.25, -0.2) is 4.39 Å². The molecule has 0 spiro atoms. The molecule has 1 unspecified atom stereocenters. The molecule has 0 N–H and O–H groups in total. The van der Waals surface area contributed by atoms with Crippen LogP contribution in [0.4, 0.5) is 4.39 Å². The van der Waals surface area contributed by atoms with Crippen molar-refractivity contribution >= 4 is 17.4 Å². The van der Waals surface area contributed by atoms with Gasteiger partial charge in [0.05, 0.1) is 5.02 Å². The lowest BCUT2D eigenvalue weighted by Crippen LogP contribution is -2.14. The van der Waals surface area contributed by atoms with E-state index in [0.717, 1.165) is 17.5 Å². The Morgan fingerprint density at radius 3 is 2.50 bits per heavy atom. The van der Waals surface area contributed by atoms with Crippen molar-refractivity contribution in [2.24, 2.45) is 0 Å². The summed E-state index contributed by atoms with van der Waals surface area (Å²) < 4.78 is 13.1. The van der Waals surface area contributed by atoms with Crippen molar-refractivity contribution in [2.45, 2.75) is 25.7 Å². The Morgan fingerprint density at radius 1 is 1.20 bits per heavy atom. The summed E-state index contributed by atoms with van der Waals surface area (Å²) in [4.78, 5) is 12.4. The Kier molecular flexibility index (Phi) is 4.91. The smallest absolute Gasteiger partial charge is 0.144 e. The molecule has 0 amide bonds. The SMILES string of the molecule is CCC(C(=O)Cc1ccc(F)c(Cl)c1)c1ccccc1. The van der Waals surface area contributed by atoms with Crippen LogP contribution < -0.4 is 0 Å². The summed E-state index contributed by atoms with van der Waals surface area (Å²) in [5, 5.41) is 0.0584. The molecule has 2 aromatic carbocycles. The van der Waals surface area contributed by atoms with E-state index in [1.165, 1.54) is 12.1 Å². The van der Waals surface area contributed by atoms with E-state index >= 15 is 0 Å². The Hall–Kier alpha value is -1.67. The van der Waals surface area contributed by atoms with Crippen LogP contribution in [-0.2, 0) is 11.2 Å².